The van der Waals surface area contributed by atoms with E-state index in [-0.39, 0.29) is 24.8 Å². The summed E-state index contributed by atoms with van der Waals surface area (Å²) >= 11 is 0. The van der Waals surface area contributed by atoms with E-state index in [0.29, 0.717) is 13.1 Å². The minimum absolute atomic E-state index is 0.0866. The van der Waals surface area contributed by atoms with Gasteiger partial charge in [0.05, 0.1) is 6.54 Å². The Bertz CT molecular complexity index is 346. The molecule has 1 aliphatic rings. The lowest BCUT2D eigenvalue weighted by molar-refractivity contribution is -0.138. The molecule has 0 radical (unpaired) electrons. The first-order chi connectivity index (χ1) is 9.01. The highest BCUT2D eigenvalue weighted by molar-refractivity contribution is 5.95. The van der Waals surface area contributed by atoms with Gasteiger partial charge in [-0.1, -0.05) is 0 Å². The quantitative estimate of drug-likeness (QED) is 0.654. The maximum Gasteiger partial charge on any atom is 0.321 e. The second kappa shape index (κ2) is 7.73. The average Bonchev–Trinajstić information content (AvgIpc) is 2.28. The average molecular weight is 271 g/mol. The van der Waals surface area contributed by atoms with Crippen LogP contribution < -0.4 is 10.6 Å². The van der Waals surface area contributed by atoms with E-state index in [1.165, 1.54) is 0 Å². The second-order valence-electron chi connectivity index (χ2n) is 4.75. The van der Waals surface area contributed by atoms with Crippen molar-refractivity contribution in [3.63, 3.8) is 0 Å². The summed E-state index contributed by atoms with van der Waals surface area (Å²) in [5, 5.41) is 13.5. The van der Waals surface area contributed by atoms with Crippen LogP contribution >= 0.6 is 0 Å². The van der Waals surface area contributed by atoms with E-state index in [2.05, 4.69) is 10.6 Å². The number of urea groups is 1. The number of carbonyl (C=O) groups is 3. The van der Waals surface area contributed by atoms with Crippen molar-refractivity contribution in [1.29, 1.82) is 0 Å². The van der Waals surface area contributed by atoms with Crippen LogP contribution in [0.25, 0.3) is 0 Å². The fraction of sp³-hybridized carbons (Fsp3) is 0.750. The number of imide groups is 1. The molecule has 0 aromatic heterocycles. The number of aliphatic carboxylic acids is 1. The van der Waals surface area contributed by atoms with Crippen LogP contribution in [0, 0.1) is 5.92 Å². The van der Waals surface area contributed by atoms with Gasteiger partial charge in [0.25, 0.3) is 0 Å². The topological polar surface area (TPSA) is 98.7 Å². The highest BCUT2D eigenvalue weighted by Gasteiger charge is 2.23. The number of hydrogen-bond acceptors (Lipinski definition) is 4. The van der Waals surface area contributed by atoms with Crippen molar-refractivity contribution in [1.82, 2.24) is 15.5 Å². The molecule has 1 aliphatic heterocycles. The van der Waals surface area contributed by atoms with Crippen molar-refractivity contribution in [2.75, 3.05) is 26.2 Å². The van der Waals surface area contributed by atoms with Crippen molar-refractivity contribution in [3.8, 4) is 0 Å². The van der Waals surface area contributed by atoms with Crippen molar-refractivity contribution < 1.29 is 19.5 Å². The third-order valence-corrected chi connectivity index (χ3v) is 3.02. The van der Waals surface area contributed by atoms with E-state index < -0.39 is 12.0 Å². The van der Waals surface area contributed by atoms with Gasteiger partial charge in [0.1, 0.15) is 0 Å². The number of carboxylic acid groups (broad SMARTS) is 1. The summed E-state index contributed by atoms with van der Waals surface area (Å²) in [6, 6.07) is -0.494. The fourth-order valence-corrected chi connectivity index (χ4v) is 2.28. The standard InChI is InChI=1S/C12H21N3O4/c1-2-13-12(19)14-10(16)8-15-5-3-4-9(7-15)6-11(17)18/h9H,2-8H2,1H3,(H,17,18)(H2,13,14,16,19). The maximum absolute atomic E-state index is 11.6. The Morgan fingerprint density at radius 2 is 2.11 bits per heavy atom. The highest BCUT2D eigenvalue weighted by Crippen LogP contribution is 2.19. The van der Waals surface area contributed by atoms with Gasteiger partial charge in [-0.3, -0.25) is 19.8 Å². The summed E-state index contributed by atoms with van der Waals surface area (Å²) in [6.07, 6.45) is 1.89. The van der Waals surface area contributed by atoms with Crippen LogP contribution in [0.15, 0.2) is 0 Å². The van der Waals surface area contributed by atoms with E-state index in [1.54, 1.807) is 6.92 Å². The number of rotatable bonds is 5. The third-order valence-electron chi connectivity index (χ3n) is 3.02. The molecule has 0 aromatic rings. The summed E-state index contributed by atoms with van der Waals surface area (Å²) in [5.41, 5.74) is 0. The van der Waals surface area contributed by atoms with E-state index in [4.69, 9.17) is 5.11 Å². The lowest BCUT2D eigenvalue weighted by Crippen LogP contribution is -2.46. The molecule has 0 aromatic carbocycles. The van der Waals surface area contributed by atoms with Gasteiger partial charge in [0.2, 0.25) is 5.91 Å². The minimum atomic E-state index is -0.807. The molecule has 7 nitrogen and oxygen atoms in total. The Kier molecular flexibility index (Phi) is 6.27. The molecule has 1 saturated heterocycles. The maximum atomic E-state index is 11.6. The Morgan fingerprint density at radius 1 is 1.37 bits per heavy atom. The number of piperidine rings is 1. The first kappa shape index (κ1) is 15.4. The molecule has 1 fully saturated rings. The molecule has 1 rings (SSSR count). The number of likely N-dealkylation sites (tertiary alicyclic amines) is 1. The lowest BCUT2D eigenvalue weighted by Gasteiger charge is -2.31. The second-order valence-corrected chi connectivity index (χ2v) is 4.75. The van der Waals surface area contributed by atoms with Gasteiger partial charge in [-0.2, -0.15) is 0 Å². The Morgan fingerprint density at radius 3 is 2.74 bits per heavy atom. The molecule has 1 unspecified atom stereocenters. The molecule has 1 atom stereocenters. The molecule has 0 bridgehead atoms. The van der Waals surface area contributed by atoms with E-state index in [9.17, 15) is 14.4 Å². The van der Waals surface area contributed by atoms with Crippen molar-refractivity contribution in [3.05, 3.63) is 0 Å². The van der Waals surface area contributed by atoms with Crippen LogP contribution in [0.4, 0.5) is 4.79 Å². The Hall–Kier alpha value is -1.63. The van der Waals surface area contributed by atoms with Crippen molar-refractivity contribution >= 4 is 17.9 Å². The van der Waals surface area contributed by atoms with Crippen LogP contribution in [-0.4, -0.2) is 54.1 Å². The number of hydrogen-bond donors (Lipinski definition) is 3. The normalized spacial score (nSPS) is 19.7. The van der Waals surface area contributed by atoms with E-state index >= 15 is 0 Å². The van der Waals surface area contributed by atoms with Gasteiger partial charge >= 0.3 is 12.0 Å². The third kappa shape index (κ3) is 6.19. The van der Waals surface area contributed by atoms with Gasteiger partial charge in [-0.25, -0.2) is 4.79 Å². The molecule has 0 aliphatic carbocycles. The zero-order chi connectivity index (χ0) is 14.3. The molecule has 3 N–H and O–H groups in total. The predicted molar refractivity (Wildman–Crippen MR) is 68.6 cm³/mol. The molecule has 3 amide bonds. The van der Waals surface area contributed by atoms with E-state index in [0.717, 1.165) is 19.4 Å². The number of nitrogens with zero attached hydrogens (tertiary/aromatic N) is 1. The van der Waals surface area contributed by atoms with Gasteiger partial charge < -0.3 is 10.4 Å². The molecule has 0 saturated carbocycles. The van der Waals surface area contributed by atoms with Crippen LogP contribution in [0.3, 0.4) is 0 Å². The number of amides is 3. The summed E-state index contributed by atoms with van der Waals surface area (Å²) in [7, 11) is 0. The SMILES string of the molecule is CCNC(=O)NC(=O)CN1CCCC(CC(=O)O)C1. The van der Waals surface area contributed by atoms with Crippen LogP contribution in [-0.2, 0) is 9.59 Å². The highest BCUT2D eigenvalue weighted by atomic mass is 16.4. The summed E-state index contributed by atoms with van der Waals surface area (Å²) in [4.78, 5) is 35.3. The minimum Gasteiger partial charge on any atom is -0.481 e. The van der Waals surface area contributed by atoms with Gasteiger partial charge in [0.15, 0.2) is 0 Å². The van der Waals surface area contributed by atoms with Gasteiger partial charge in [-0.15, -0.1) is 0 Å². The first-order valence-corrected chi connectivity index (χ1v) is 6.53. The number of nitrogens with one attached hydrogen (secondary N) is 2. The van der Waals surface area contributed by atoms with Crippen molar-refractivity contribution in [2.24, 2.45) is 5.92 Å². The summed E-state index contributed by atoms with van der Waals surface area (Å²) in [5.74, 6) is -1.08. The van der Waals surface area contributed by atoms with E-state index in [1.807, 2.05) is 4.90 Å². The Labute approximate surface area is 112 Å². The van der Waals surface area contributed by atoms with Gasteiger partial charge in [-0.05, 0) is 32.2 Å². The smallest absolute Gasteiger partial charge is 0.321 e. The summed E-state index contributed by atoms with van der Waals surface area (Å²) in [6.45, 7) is 3.72. The predicted octanol–water partition coefficient (Wildman–Crippen LogP) is 0.0188. The van der Waals surface area contributed by atoms with Crippen LogP contribution in [0.2, 0.25) is 0 Å². The molecule has 7 heteroatoms. The summed E-state index contributed by atoms with van der Waals surface area (Å²) < 4.78 is 0. The molecular formula is C12H21N3O4. The zero-order valence-electron chi connectivity index (χ0n) is 11.1. The Balaban J connectivity index is 2.33. The van der Waals surface area contributed by atoms with Crippen LogP contribution in [0.1, 0.15) is 26.2 Å². The molecule has 1 heterocycles. The molecule has 19 heavy (non-hydrogen) atoms. The first-order valence-electron chi connectivity index (χ1n) is 6.53. The number of carbonyl (C=O) groups excluding carboxylic acids is 2. The molecule has 108 valence electrons. The molecular weight excluding hydrogens is 250 g/mol. The zero-order valence-corrected chi connectivity index (χ0v) is 11.1. The van der Waals surface area contributed by atoms with Crippen molar-refractivity contribution in [2.45, 2.75) is 26.2 Å². The van der Waals surface area contributed by atoms with Crippen LogP contribution in [0.5, 0.6) is 0 Å². The van der Waals surface area contributed by atoms with Gasteiger partial charge in [0, 0.05) is 19.5 Å². The number of carboxylic acids is 1. The fourth-order valence-electron chi connectivity index (χ4n) is 2.28. The lowest BCUT2D eigenvalue weighted by atomic mass is 9.95. The molecule has 0 spiro atoms. The monoisotopic (exact) mass is 271 g/mol. The largest absolute Gasteiger partial charge is 0.481 e.